The van der Waals surface area contributed by atoms with Crippen LogP contribution in [0.1, 0.15) is 98.2 Å². The van der Waals surface area contributed by atoms with Crippen molar-refractivity contribution < 1.29 is 55.9 Å². The Morgan fingerprint density at radius 3 is 1.56 bits per heavy atom. The predicted molar refractivity (Wildman–Crippen MR) is 136 cm³/mol. The van der Waals surface area contributed by atoms with E-state index in [4.69, 9.17) is 10.2 Å². The van der Waals surface area contributed by atoms with Crippen molar-refractivity contribution in [2.45, 2.75) is 96.8 Å². The summed E-state index contributed by atoms with van der Waals surface area (Å²) in [5.74, 6) is -2.06. The third-order valence-electron chi connectivity index (χ3n) is 5.85. The number of carboxylic acid groups (broad SMARTS) is 2. The van der Waals surface area contributed by atoms with Gasteiger partial charge in [0, 0.05) is 19.6 Å². The van der Waals surface area contributed by atoms with E-state index in [2.05, 4.69) is 24.0 Å². The Morgan fingerprint density at radius 2 is 1.09 bits per heavy atom. The average molecular weight is 495 g/mol. The molecule has 0 aromatic heterocycles. The molecule has 0 spiro atoms. The molecule has 0 rings (SSSR count). The molecule has 196 valence electrons. The molecule has 0 unspecified atom stereocenters. The van der Waals surface area contributed by atoms with Crippen LogP contribution in [0.4, 0.5) is 0 Å². The Balaban J connectivity index is -0.00000512. The first-order valence-electron chi connectivity index (χ1n) is 13.1. The molecule has 0 amide bonds. The molecule has 0 saturated carbocycles. The van der Waals surface area contributed by atoms with Crippen molar-refractivity contribution in [1.29, 1.82) is 0 Å². The zero-order chi connectivity index (χ0) is 24.6. The zero-order valence-electron chi connectivity index (χ0n) is 23.1. The SMILES string of the molecule is CCCCCCCC/C=C\CCCCCCCCN(CCO)CCN(CC(=O)O)CC(=O)O.[H-].[Na+]. The van der Waals surface area contributed by atoms with E-state index in [0.29, 0.717) is 19.6 Å². The van der Waals surface area contributed by atoms with Crippen LogP contribution in [0, 0.1) is 0 Å². The van der Waals surface area contributed by atoms with Gasteiger partial charge in [-0.05, 0) is 38.6 Å². The Hall–Kier alpha value is -0.440. The Labute approximate surface area is 231 Å². The van der Waals surface area contributed by atoms with E-state index in [9.17, 15) is 14.7 Å². The molecule has 34 heavy (non-hydrogen) atoms. The van der Waals surface area contributed by atoms with Crippen LogP contribution < -0.4 is 29.6 Å². The van der Waals surface area contributed by atoms with Crippen molar-refractivity contribution in [2.75, 3.05) is 45.9 Å². The second kappa shape index (κ2) is 27.2. The molecule has 0 fully saturated rings. The molecular weight excluding hydrogens is 443 g/mol. The van der Waals surface area contributed by atoms with Crippen LogP contribution in [0.15, 0.2) is 12.2 Å². The van der Waals surface area contributed by atoms with E-state index in [1.165, 1.54) is 81.9 Å². The van der Waals surface area contributed by atoms with Gasteiger partial charge in [0.15, 0.2) is 0 Å². The number of carboxylic acids is 2. The molecule has 0 bridgehead atoms. The molecular formula is C26H51N2NaO5. The fourth-order valence-corrected chi connectivity index (χ4v) is 3.94. The largest absolute Gasteiger partial charge is 1.00 e. The van der Waals surface area contributed by atoms with Gasteiger partial charge in [-0.1, -0.05) is 76.9 Å². The van der Waals surface area contributed by atoms with Crippen molar-refractivity contribution in [3.8, 4) is 0 Å². The summed E-state index contributed by atoms with van der Waals surface area (Å²) in [5.41, 5.74) is 0. The van der Waals surface area contributed by atoms with Crippen LogP contribution in [0.25, 0.3) is 0 Å². The molecule has 0 radical (unpaired) electrons. The molecule has 0 aromatic rings. The standard InChI is InChI=1S/C26H50N2O5.Na.H/c1-2-3-4-5-6-7-8-9-10-11-12-13-14-15-16-17-18-27(21-22-29)19-20-28(23-25(30)31)24-26(32)33;;/h9-10,29H,2-8,11-24H2,1H3,(H,30,31)(H,32,33);;/q;+1;-1/b10-9-;;. The van der Waals surface area contributed by atoms with Crippen molar-refractivity contribution in [3.05, 3.63) is 12.2 Å². The second-order valence-corrected chi connectivity index (χ2v) is 9.00. The van der Waals surface area contributed by atoms with Gasteiger partial charge in [0.05, 0.1) is 19.7 Å². The summed E-state index contributed by atoms with van der Waals surface area (Å²) in [6, 6.07) is 0. The molecule has 0 atom stereocenters. The van der Waals surface area contributed by atoms with Crippen LogP contribution >= 0.6 is 0 Å². The molecule has 0 aliphatic rings. The van der Waals surface area contributed by atoms with Crippen LogP contribution in [0.2, 0.25) is 0 Å². The topological polar surface area (TPSA) is 101 Å². The van der Waals surface area contributed by atoms with Gasteiger partial charge >= 0.3 is 41.5 Å². The molecule has 8 heteroatoms. The quantitative estimate of drug-likeness (QED) is 0.101. The van der Waals surface area contributed by atoms with Gasteiger partial charge < -0.3 is 16.7 Å². The van der Waals surface area contributed by atoms with Crippen LogP contribution in [-0.4, -0.2) is 82.9 Å². The van der Waals surface area contributed by atoms with Crippen molar-refractivity contribution in [1.82, 2.24) is 9.80 Å². The number of rotatable bonds is 25. The molecule has 0 aliphatic heterocycles. The third kappa shape index (κ3) is 26.2. The van der Waals surface area contributed by atoms with Gasteiger partial charge in [-0.25, -0.2) is 0 Å². The number of aliphatic hydroxyl groups excluding tert-OH is 1. The summed E-state index contributed by atoms with van der Waals surface area (Å²) in [7, 11) is 0. The number of carbonyl (C=O) groups is 2. The van der Waals surface area contributed by atoms with Gasteiger partial charge in [0.25, 0.3) is 0 Å². The smallest absolute Gasteiger partial charge is 1.00 e. The molecule has 0 saturated heterocycles. The van der Waals surface area contributed by atoms with Gasteiger partial charge in [-0.15, -0.1) is 0 Å². The average Bonchev–Trinajstić information content (AvgIpc) is 2.76. The maximum Gasteiger partial charge on any atom is 1.00 e. The summed E-state index contributed by atoms with van der Waals surface area (Å²) in [5, 5.41) is 27.1. The van der Waals surface area contributed by atoms with Crippen LogP contribution in [0.5, 0.6) is 0 Å². The van der Waals surface area contributed by atoms with E-state index >= 15 is 0 Å². The summed E-state index contributed by atoms with van der Waals surface area (Å²) in [6.07, 6.45) is 22.4. The zero-order valence-corrected chi connectivity index (χ0v) is 24.1. The Bertz CT molecular complexity index is 496. The van der Waals surface area contributed by atoms with Gasteiger partial charge in [-0.3, -0.25) is 19.4 Å². The summed E-state index contributed by atoms with van der Waals surface area (Å²) >= 11 is 0. The molecule has 0 aliphatic carbocycles. The number of aliphatic carboxylic acids is 2. The predicted octanol–water partition coefficient (Wildman–Crippen LogP) is 1.91. The number of nitrogens with zero attached hydrogens (tertiary/aromatic N) is 2. The van der Waals surface area contributed by atoms with Crippen molar-refractivity contribution in [2.24, 2.45) is 0 Å². The first-order valence-corrected chi connectivity index (χ1v) is 13.1. The van der Waals surface area contributed by atoms with E-state index in [-0.39, 0.29) is 50.7 Å². The van der Waals surface area contributed by atoms with E-state index in [1.807, 2.05) is 0 Å². The summed E-state index contributed by atoms with van der Waals surface area (Å²) in [4.78, 5) is 25.3. The summed E-state index contributed by atoms with van der Waals surface area (Å²) < 4.78 is 0. The number of aliphatic hydroxyl groups is 1. The van der Waals surface area contributed by atoms with Gasteiger partial charge in [-0.2, -0.15) is 0 Å². The second-order valence-electron chi connectivity index (χ2n) is 9.00. The fraction of sp³-hybridized carbons (Fsp3) is 0.846. The van der Waals surface area contributed by atoms with E-state index in [0.717, 1.165) is 19.4 Å². The maximum atomic E-state index is 10.9. The monoisotopic (exact) mass is 494 g/mol. The minimum atomic E-state index is -1.03. The van der Waals surface area contributed by atoms with E-state index in [1.54, 1.807) is 0 Å². The Morgan fingerprint density at radius 1 is 0.647 bits per heavy atom. The molecule has 3 N–H and O–H groups in total. The third-order valence-corrected chi connectivity index (χ3v) is 5.85. The maximum absolute atomic E-state index is 10.9. The number of unbranched alkanes of at least 4 members (excludes halogenated alkanes) is 12. The first kappa shape index (κ1) is 35.7. The normalized spacial score (nSPS) is 11.4. The first-order chi connectivity index (χ1) is 16.0. The minimum absolute atomic E-state index is 0. The minimum Gasteiger partial charge on any atom is -1.00 e. The number of hydrogen-bond donors (Lipinski definition) is 3. The summed E-state index contributed by atoms with van der Waals surface area (Å²) in [6.45, 7) is 4.03. The van der Waals surface area contributed by atoms with Gasteiger partial charge in [0.1, 0.15) is 0 Å². The molecule has 0 heterocycles. The number of hydrogen-bond acceptors (Lipinski definition) is 5. The van der Waals surface area contributed by atoms with E-state index < -0.39 is 11.9 Å². The molecule has 0 aromatic carbocycles. The van der Waals surface area contributed by atoms with Crippen LogP contribution in [0.3, 0.4) is 0 Å². The fourth-order valence-electron chi connectivity index (χ4n) is 3.94. The van der Waals surface area contributed by atoms with Gasteiger partial charge in [0.2, 0.25) is 0 Å². The van der Waals surface area contributed by atoms with Crippen molar-refractivity contribution >= 4 is 11.9 Å². The molecule has 7 nitrogen and oxygen atoms in total. The Kier molecular flexibility index (Phi) is 28.5. The van der Waals surface area contributed by atoms with Crippen LogP contribution in [-0.2, 0) is 9.59 Å². The van der Waals surface area contributed by atoms with Crippen molar-refractivity contribution in [3.63, 3.8) is 0 Å². The number of allylic oxidation sites excluding steroid dienone is 2.